The Morgan fingerprint density at radius 1 is 1.20 bits per heavy atom. The van der Waals surface area contributed by atoms with Crippen LogP contribution in [-0.4, -0.2) is 35.7 Å². The van der Waals surface area contributed by atoms with Crippen molar-refractivity contribution in [2.45, 2.75) is 6.92 Å². The van der Waals surface area contributed by atoms with Crippen LogP contribution in [0.15, 0.2) is 42.6 Å². The summed E-state index contributed by atoms with van der Waals surface area (Å²) in [7, 11) is 0. The number of hydrogen-bond donors (Lipinski definition) is 4. The number of amides is 1. The fraction of sp³-hybridized carbons (Fsp3) is 0.222. The SMILES string of the molecule is CCNCCNc1cc(F)ccc1NC(=O)c1cccc2[nH]ncc12. The molecule has 0 atom stereocenters. The fourth-order valence-electron chi connectivity index (χ4n) is 2.59. The summed E-state index contributed by atoms with van der Waals surface area (Å²) in [5.41, 5.74) is 2.37. The molecule has 0 saturated carbocycles. The zero-order valence-electron chi connectivity index (χ0n) is 13.9. The van der Waals surface area contributed by atoms with E-state index in [-0.39, 0.29) is 11.7 Å². The minimum atomic E-state index is -0.360. The Morgan fingerprint density at radius 3 is 2.92 bits per heavy atom. The van der Waals surface area contributed by atoms with Gasteiger partial charge in [-0.05, 0) is 36.9 Å². The van der Waals surface area contributed by atoms with Gasteiger partial charge in [0.2, 0.25) is 0 Å². The Kier molecular flexibility index (Phi) is 5.25. The summed E-state index contributed by atoms with van der Waals surface area (Å²) in [6, 6.07) is 9.62. The lowest BCUT2D eigenvalue weighted by molar-refractivity contribution is 0.102. The average molecular weight is 341 g/mol. The molecule has 0 fully saturated rings. The molecule has 1 amide bonds. The third-order valence-corrected chi connectivity index (χ3v) is 3.83. The number of hydrogen-bond acceptors (Lipinski definition) is 4. The first-order chi connectivity index (χ1) is 12.2. The Labute approximate surface area is 144 Å². The predicted octanol–water partition coefficient (Wildman–Crippen LogP) is 2.98. The first kappa shape index (κ1) is 16.9. The van der Waals surface area contributed by atoms with Crippen LogP contribution in [0.1, 0.15) is 17.3 Å². The molecule has 0 aliphatic carbocycles. The maximum Gasteiger partial charge on any atom is 0.256 e. The minimum Gasteiger partial charge on any atom is -0.382 e. The summed E-state index contributed by atoms with van der Waals surface area (Å²) in [6.45, 7) is 4.25. The smallest absolute Gasteiger partial charge is 0.256 e. The van der Waals surface area contributed by atoms with E-state index in [1.807, 2.05) is 13.0 Å². The lowest BCUT2D eigenvalue weighted by Gasteiger charge is -2.14. The van der Waals surface area contributed by atoms with Gasteiger partial charge in [0.05, 0.1) is 28.7 Å². The molecule has 1 heterocycles. The van der Waals surface area contributed by atoms with E-state index in [1.165, 1.54) is 12.1 Å². The van der Waals surface area contributed by atoms with Gasteiger partial charge in [-0.3, -0.25) is 9.89 Å². The Bertz CT molecular complexity index is 877. The number of likely N-dealkylation sites (N-methyl/N-ethyl adjacent to an activating group) is 1. The van der Waals surface area contributed by atoms with Gasteiger partial charge in [-0.2, -0.15) is 5.10 Å². The van der Waals surface area contributed by atoms with Gasteiger partial charge in [0.15, 0.2) is 0 Å². The van der Waals surface area contributed by atoms with E-state index in [4.69, 9.17) is 0 Å². The minimum absolute atomic E-state index is 0.270. The molecule has 0 bridgehead atoms. The number of anilines is 2. The topological polar surface area (TPSA) is 81.8 Å². The quantitative estimate of drug-likeness (QED) is 0.498. The highest BCUT2D eigenvalue weighted by Gasteiger charge is 2.13. The van der Waals surface area contributed by atoms with E-state index in [1.54, 1.807) is 24.4 Å². The first-order valence-electron chi connectivity index (χ1n) is 8.16. The van der Waals surface area contributed by atoms with Crippen molar-refractivity contribution in [3.8, 4) is 0 Å². The van der Waals surface area contributed by atoms with Gasteiger partial charge in [0, 0.05) is 18.5 Å². The molecule has 0 spiro atoms. The zero-order chi connectivity index (χ0) is 17.6. The summed E-state index contributed by atoms with van der Waals surface area (Å²) in [5.74, 6) is -0.630. The highest BCUT2D eigenvalue weighted by Crippen LogP contribution is 2.24. The van der Waals surface area contributed by atoms with Gasteiger partial charge in [-0.25, -0.2) is 4.39 Å². The number of nitrogens with one attached hydrogen (secondary N) is 4. The molecule has 4 N–H and O–H groups in total. The van der Waals surface area contributed by atoms with Crippen LogP contribution in [0, 0.1) is 5.82 Å². The molecule has 1 aromatic heterocycles. The van der Waals surface area contributed by atoms with Crippen LogP contribution >= 0.6 is 0 Å². The second kappa shape index (κ2) is 7.76. The van der Waals surface area contributed by atoms with Crippen molar-refractivity contribution < 1.29 is 9.18 Å². The van der Waals surface area contributed by atoms with Crippen molar-refractivity contribution in [2.24, 2.45) is 0 Å². The first-order valence-corrected chi connectivity index (χ1v) is 8.16. The van der Waals surface area contributed by atoms with Gasteiger partial charge < -0.3 is 16.0 Å². The van der Waals surface area contributed by atoms with Crippen LogP contribution in [0.25, 0.3) is 10.9 Å². The van der Waals surface area contributed by atoms with Crippen molar-refractivity contribution in [2.75, 3.05) is 30.3 Å². The molecule has 0 unspecified atom stereocenters. The largest absolute Gasteiger partial charge is 0.382 e. The molecule has 0 aliphatic rings. The van der Waals surface area contributed by atoms with E-state index in [9.17, 15) is 9.18 Å². The monoisotopic (exact) mass is 341 g/mol. The van der Waals surface area contributed by atoms with E-state index >= 15 is 0 Å². The van der Waals surface area contributed by atoms with Gasteiger partial charge in [-0.1, -0.05) is 13.0 Å². The predicted molar refractivity (Wildman–Crippen MR) is 97.5 cm³/mol. The van der Waals surface area contributed by atoms with Gasteiger partial charge in [0.25, 0.3) is 5.91 Å². The van der Waals surface area contributed by atoms with Crippen molar-refractivity contribution in [1.82, 2.24) is 15.5 Å². The summed E-state index contributed by atoms with van der Waals surface area (Å²) < 4.78 is 13.6. The number of benzene rings is 2. The van der Waals surface area contributed by atoms with Crippen molar-refractivity contribution in [1.29, 1.82) is 0 Å². The van der Waals surface area contributed by atoms with Crippen LogP contribution in [0.2, 0.25) is 0 Å². The van der Waals surface area contributed by atoms with Gasteiger partial charge in [0.1, 0.15) is 5.82 Å². The van der Waals surface area contributed by atoms with Crippen molar-refractivity contribution >= 4 is 28.2 Å². The van der Waals surface area contributed by atoms with Crippen LogP contribution < -0.4 is 16.0 Å². The molecule has 0 saturated heterocycles. The highest BCUT2D eigenvalue weighted by atomic mass is 19.1. The summed E-state index contributed by atoms with van der Waals surface area (Å²) in [5, 5.41) is 16.7. The van der Waals surface area contributed by atoms with Crippen LogP contribution in [0.4, 0.5) is 15.8 Å². The number of carbonyl (C=O) groups excluding carboxylic acids is 1. The third kappa shape index (κ3) is 3.95. The molecular formula is C18H20FN5O. The molecule has 2 aromatic carbocycles. The number of aromatic amines is 1. The van der Waals surface area contributed by atoms with Crippen LogP contribution in [0.5, 0.6) is 0 Å². The zero-order valence-corrected chi connectivity index (χ0v) is 13.9. The summed E-state index contributed by atoms with van der Waals surface area (Å²) in [4.78, 5) is 12.7. The number of rotatable bonds is 7. The fourth-order valence-corrected chi connectivity index (χ4v) is 2.59. The number of carbonyl (C=O) groups is 1. The van der Waals surface area contributed by atoms with Gasteiger partial charge >= 0.3 is 0 Å². The molecule has 25 heavy (non-hydrogen) atoms. The summed E-state index contributed by atoms with van der Waals surface area (Å²) in [6.07, 6.45) is 1.62. The molecule has 3 rings (SSSR count). The Balaban J connectivity index is 1.79. The maximum absolute atomic E-state index is 13.6. The standard InChI is InChI=1S/C18H20FN5O/c1-2-20-8-9-21-17-10-12(19)6-7-16(17)23-18(25)13-4-3-5-15-14(13)11-22-24-15/h3-7,10-11,20-21H,2,8-9H2,1H3,(H,22,24)(H,23,25). The van der Waals surface area contributed by atoms with Gasteiger partial charge in [-0.15, -0.1) is 0 Å². The molecular weight excluding hydrogens is 321 g/mol. The number of aromatic nitrogens is 2. The third-order valence-electron chi connectivity index (χ3n) is 3.83. The highest BCUT2D eigenvalue weighted by molar-refractivity contribution is 6.13. The Morgan fingerprint density at radius 2 is 2.08 bits per heavy atom. The molecule has 0 aliphatic heterocycles. The second-order valence-electron chi connectivity index (χ2n) is 5.56. The van der Waals surface area contributed by atoms with Crippen LogP contribution in [0.3, 0.4) is 0 Å². The van der Waals surface area contributed by atoms with E-state index < -0.39 is 0 Å². The van der Waals surface area contributed by atoms with Crippen molar-refractivity contribution in [3.05, 3.63) is 54.0 Å². The normalized spacial score (nSPS) is 10.8. The number of halogens is 1. The number of nitrogens with zero attached hydrogens (tertiary/aromatic N) is 1. The van der Waals surface area contributed by atoms with E-state index in [0.717, 1.165) is 24.0 Å². The van der Waals surface area contributed by atoms with Crippen molar-refractivity contribution in [3.63, 3.8) is 0 Å². The maximum atomic E-state index is 13.6. The second-order valence-corrected chi connectivity index (χ2v) is 5.56. The van der Waals surface area contributed by atoms with Crippen LogP contribution in [-0.2, 0) is 0 Å². The molecule has 3 aromatic rings. The van der Waals surface area contributed by atoms with E-state index in [0.29, 0.717) is 23.5 Å². The molecule has 6 nitrogen and oxygen atoms in total. The number of H-pyrrole nitrogens is 1. The van der Waals surface area contributed by atoms with E-state index in [2.05, 4.69) is 26.1 Å². The average Bonchev–Trinajstić information content (AvgIpc) is 3.09. The lowest BCUT2D eigenvalue weighted by Crippen LogP contribution is -2.22. The summed E-state index contributed by atoms with van der Waals surface area (Å²) >= 11 is 0. The lowest BCUT2D eigenvalue weighted by atomic mass is 10.1. The molecule has 0 radical (unpaired) electrons. The Hall–Kier alpha value is -2.93. The molecule has 130 valence electrons. The molecule has 7 heteroatoms. The number of fused-ring (bicyclic) bond motifs is 1.